The molecule has 118 valence electrons. The number of benzene rings is 2. The van der Waals surface area contributed by atoms with Gasteiger partial charge in [-0.05, 0) is 42.8 Å². The zero-order valence-electron chi connectivity index (χ0n) is 12.8. The second-order valence-corrected chi connectivity index (χ2v) is 6.60. The molecule has 2 amide bonds. The molecular weight excluding hydrogens is 356 g/mol. The number of para-hydroxylation sites is 1. The Hall–Kier alpha value is -2.14. The van der Waals surface area contributed by atoms with Gasteiger partial charge in [-0.1, -0.05) is 34.1 Å². The first-order valence-corrected chi connectivity index (χ1v) is 8.26. The quantitative estimate of drug-likeness (QED) is 0.891. The molecule has 4 nitrogen and oxygen atoms in total. The molecule has 1 aliphatic rings. The molecule has 0 aliphatic carbocycles. The van der Waals surface area contributed by atoms with Crippen LogP contribution in [0.5, 0.6) is 0 Å². The van der Waals surface area contributed by atoms with Crippen molar-refractivity contribution in [3.63, 3.8) is 0 Å². The van der Waals surface area contributed by atoms with E-state index < -0.39 is 0 Å². The number of nitrogens with zero attached hydrogens (tertiary/aromatic N) is 1. The highest BCUT2D eigenvalue weighted by Gasteiger charge is 2.35. The third kappa shape index (κ3) is 3.45. The molecule has 0 aromatic heterocycles. The number of anilines is 2. The number of carbonyl (C=O) groups excluding carboxylic acids is 2. The number of halogens is 1. The normalized spacial score (nSPS) is 17.4. The van der Waals surface area contributed by atoms with E-state index in [-0.39, 0.29) is 24.2 Å². The minimum absolute atomic E-state index is 0.00439. The van der Waals surface area contributed by atoms with Crippen molar-refractivity contribution in [1.82, 2.24) is 0 Å². The SMILES string of the molecule is Cc1ccccc1N1C[C@H](C(=O)Nc2ccc(Br)cc2)CC1=O. The van der Waals surface area contributed by atoms with Gasteiger partial charge in [0, 0.05) is 28.8 Å². The van der Waals surface area contributed by atoms with Crippen LogP contribution in [0.1, 0.15) is 12.0 Å². The van der Waals surface area contributed by atoms with Crippen molar-refractivity contribution >= 4 is 39.1 Å². The van der Waals surface area contributed by atoms with E-state index in [0.29, 0.717) is 6.54 Å². The summed E-state index contributed by atoms with van der Waals surface area (Å²) >= 11 is 3.36. The molecule has 1 atom stereocenters. The molecule has 1 heterocycles. The van der Waals surface area contributed by atoms with Crippen LogP contribution < -0.4 is 10.2 Å². The number of aryl methyl sites for hydroxylation is 1. The Morgan fingerprint density at radius 2 is 1.87 bits per heavy atom. The van der Waals surface area contributed by atoms with Crippen molar-refractivity contribution in [3.05, 3.63) is 58.6 Å². The summed E-state index contributed by atoms with van der Waals surface area (Å²) in [7, 11) is 0. The minimum Gasteiger partial charge on any atom is -0.326 e. The van der Waals surface area contributed by atoms with Crippen molar-refractivity contribution in [2.45, 2.75) is 13.3 Å². The lowest BCUT2D eigenvalue weighted by atomic mass is 10.1. The number of amides is 2. The Kier molecular flexibility index (Phi) is 4.48. The summed E-state index contributed by atoms with van der Waals surface area (Å²) in [5, 5.41) is 2.88. The summed E-state index contributed by atoms with van der Waals surface area (Å²) in [6, 6.07) is 15.1. The molecule has 1 saturated heterocycles. The van der Waals surface area contributed by atoms with Crippen molar-refractivity contribution in [1.29, 1.82) is 0 Å². The number of hydrogen-bond donors (Lipinski definition) is 1. The molecule has 0 unspecified atom stereocenters. The molecule has 1 N–H and O–H groups in total. The van der Waals surface area contributed by atoms with Gasteiger partial charge in [0.1, 0.15) is 0 Å². The number of hydrogen-bond acceptors (Lipinski definition) is 2. The lowest BCUT2D eigenvalue weighted by molar-refractivity contribution is -0.122. The molecule has 1 fully saturated rings. The van der Waals surface area contributed by atoms with Gasteiger partial charge in [0.15, 0.2) is 0 Å². The predicted octanol–water partition coefficient (Wildman–Crippen LogP) is 3.75. The van der Waals surface area contributed by atoms with Crippen LogP contribution in [-0.2, 0) is 9.59 Å². The largest absolute Gasteiger partial charge is 0.326 e. The topological polar surface area (TPSA) is 49.4 Å². The first-order chi connectivity index (χ1) is 11.0. The second kappa shape index (κ2) is 6.54. The zero-order valence-corrected chi connectivity index (χ0v) is 14.3. The smallest absolute Gasteiger partial charge is 0.229 e. The maximum atomic E-state index is 12.4. The molecular formula is C18H17BrN2O2. The first kappa shape index (κ1) is 15.7. The van der Waals surface area contributed by atoms with Gasteiger partial charge in [0.05, 0.1) is 5.92 Å². The molecule has 2 aromatic carbocycles. The molecule has 1 aliphatic heterocycles. The summed E-state index contributed by atoms with van der Waals surface area (Å²) in [5.41, 5.74) is 2.66. The van der Waals surface area contributed by atoms with Gasteiger partial charge in [0.25, 0.3) is 0 Å². The first-order valence-electron chi connectivity index (χ1n) is 7.47. The van der Waals surface area contributed by atoms with Crippen LogP contribution >= 0.6 is 15.9 Å². The summed E-state index contributed by atoms with van der Waals surface area (Å²) in [4.78, 5) is 26.4. The standard InChI is InChI=1S/C18H17BrN2O2/c1-12-4-2-3-5-16(12)21-11-13(10-17(21)22)18(23)20-15-8-6-14(19)7-9-15/h2-9,13H,10-11H2,1H3,(H,20,23)/t13-/m1/s1. The van der Waals surface area contributed by atoms with Gasteiger partial charge in [-0.25, -0.2) is 0 Å². The average molecular weight is 373 g/mol. The molecule has 0 spiro atoms. The van der Waals surface area contributed by atoms with Crippen LogP contribution in [0.25, 0.3) is 0 Å². The average Bonchev–Trinajstić information content (AvgIpc) is 2.92. The van der Waals surface area contributed by atoms with Gasteiger partial charge < -0.3 is 10.2 Å². The van der Waals surface area contributed by atoms with E-state index in [9.17, 15) is 9.59 Å². The summed E-state index contributed by atoms with van der Waals surface area (Å²) in [6.45, 7) is 2.39. The van der Waals surface area contributed by atoms with Crippen LogP contribution in [0.15, 0.2) is 53.0 Å². The Morgan fingerprint density at radius 1 is 1.17 bits per heavy atom. The van der Waals surface area contributed by atoms with Gasteiger partial charge in [-0.15, -0.1) is 0 Å². The third-order valence-electron chi connectivity index (χ3n) is 4.01. The Labute approximate surface area is 143 Å². The zero-order chi connectivity index (χ0) is 16.4. The Balaban J connectivity index is 1.71. The summed E-state index contributed by atoms with van der Waals surface area (Å²) < 4.78 is 0.956. The minimum atomic E-state index is -0.328. The lowest BCUT2D eigenvalue weighted by Gasteiger charge is -2.19. The maximum absolute atomic E-state index is 12.4. The van der Waals surface area contributed by atoms with E-state index in [1.54, 1.807) is 4.90 Å². The molecule has 5 heteroatoms. The van der Waals surface area contributed by atoms with E-state index in [4.69, 9.17) is 0 Å². The molecule has 0 radical (unpaired) electrons. The van der Waals surface area contributed by atoms with E-state index in [0.717, 1.165) is 21.4 Å². The van der Waals surface area contributed by atoms with Gasteiger partial charge in [-0.3, -0.25) is 9.59 Å². The number of carbonyl (C=O) groups is 2. The molecule has 0 bridgehead atoms. The third-order valence-corrected chi connectivity index (χ3v) is 4.54. The second-order valence-electron chi connectivity index (χ2n) is 5.69. The van der Waals surface area contributed by atoms with Crippen molar-refractivity contribution in [2.24, 2.45) is 5.92 Å². The van der Waals surface area contributed by atoms with E-state index in [1.807, 2.05) is 55.5 Å². The highest BCUT2D eigenvalue weighted by atomic mass is 79.9. The Morgan fingerprint density at radius 3 is 2.57 bits per heavy atom. The maximum Gasteiger partial charge on any atom is 0.229 e. The van der Waals surface area contributed by atoms with Crippen molar-refractivity contribution in [3.8, 4) is 0 Å². The summed E-state index contributed by atoms with van der Waals surface area (Å²) in [5.74, 6) is -0.447. The van der Waals surface area contributed by atoms with E-state index in [1.165, 1.54) is 0 Å². The van der Waals surface area contributed by atoms with Crippen LogP contribution in [-0.4, -0.2) is 18.4 Å². The molecule has 2 aromatic rings. The highest BCUT2D eigenvalue weighted by Crippen LogP contribution is 2.28. The molecule has 23 heavy (non-hydrogen) atoms. The van der Waals surface area contributed by atoms with Gasteiger partial charge >= 0.3 is 0 Å². The van der Waals surface area contributed by atoms with Crippen LogP contribution in [0.2, 0.25) is 0 Å². The fraction of sp³-hybridized carbons (Fsp3) is 0.222. The van der Waals surface area contributed by atoms with Crippen LogP contribution in [0.3, 0.4) is 0 Å². The van der Waals surface area contributed by atoms with E-state index >= 15 is 0 Å². The predicted molar refractivity (Wildman–Crippen MR) is 94.4 cm³/mol. The fourth-order valence-electron chi connectivity index (χ4n) is 2.76. The van der Waals surface area contributed by atoms with Gasteiger partial charge in [-0.2, -0.15) is 0 Å². The van der Waals surface area contributed by atoms with E-state index in [2.05, 4.69) is 21.2 Å². The lowest BCUT2D eigenvalue weighted by Crippen LogP contribution is -2.28. The van der Waals surface area contributed by atoms with Crippen LogP contribution in [0, 0.1) is 12.8 Å². The van der Waals surface area contributed by atoms with Crippen molar-refractivity contribution in [2.75, 3.05) is 16.8 Å². The number of nitrogens with one attached hydrogen (secondary N) is 1. The Bertz CT molecular complexity index is 743. The van der Waals surface area contributed by atoms with Crippen LogP contribution in [0.4, 0.5) is 11.4 Å². The fourth-order valence-corrected chi connectivity index (χ4v) is 3.02. The summed E-state index contributed by atoms with van der Waals surface area (Å²) in [6.07, 6.45) is 0.247. The highest BCUT2D eigenvalue weighted by molar-refractivity contribution is 9.10. The molecule has 0 saturated carbocycles. The van der Waals surface area contributed by atoms with Gasteiger partial charge in [0.2, 0.25) is 11.8 Å². The monoisotopic (exact) mass is 372 g/mol. The van der Waals surface area contributed by atoms with Crippen molar-refractivity contribution < 1.29 is 9.59 Å². The molecule has 3 rings (SSSR count). The number of rotatable bonds is 3.